The fraction of sp³-hybridized carbons (Fsp3) is 0.267. The van der Waals surface area contributed by atoms with Crippen LogP contribution in [0.2, 0.25) is 0 Å². The second-order valence-corrected chi connectivity index (χ2v) is 7.98. The molecule has 1 atom stereocenters. The zero-order valence-corrected chi connectivity index (χ0v) is 14.2. The van der Waals surface area contributed by atoms with Gasteiger partial charge in [0.1, 0.15) is 0 Å². The second-order valence-electron chi connectivity index (χ2n) is 5.42. The van der Waals surface area contributed by atoms with Crippen LogP contribution in [0.1, 0.15) is 23.4 Å². The first-order valence-electron chi connectivity index (χ1n) is 7.13. The standard InChI is InChI=1S/C15H17N3O3S2/c1-10-13-7-9-22-14(13)6-8-18(10)15(19)17-11-2-4-12(5-3-11)23(16,20)21/h2-5,7,9-10H,6,8H2,1H3,(H,17,19)(H2,16,20,21)/t10-/m1/s1. The SMILES string of the molecule is C[C@@H]1c2ccsc2CCN1C(=O)Nc1ccc(S(N)(=O)=O)cc1. The largest absolute Gasteiger partial charge is 0.322 e. The third-order valence-electron chi connectivity index (χ3n) is 3.97. The van der Waals surface area contributed by atoms with E-state index in [1.54, 1.807) is 16.2 Å². The van der Waals surface area contributed by atoms with Crippen molar-refractivity contribution in [3.63, 3.8) is 0 Å². The van der Waals surface area contributed by atoms with Gasteiger partial charge in [0.05, 0.1) is 10.9 Å². The van der Waals surface area contributed by atoms with Crippen molar-refractivity contribution in [2.24, 2.45) is 5.14 Å². The number of primary sulfonamides is 1. The van der Waals surface area contributed by atoms with Gasteiger partial charge < -0.3 is 10.2 Å². The summed E-state index contributed by atoms with van der Waals surface area (Å²) >= 11 is 1.72. The predicted octanol–water partition coefficient (Wildman–Crippen LogP) is 2.55. The van der Waals surface area contributed by atoms with Crippen LogP contribution in [-0.4, -0.2) is 25.9 Å². The Morgan fingerprint density at radius 3 is 2.65 bits per heavy atom. The zero-order chi connectivity index (χ0) is 16.6. The molecule has 1 aliphatic heterocycles. The molecule has 2 heterocycles. The van der Waals surface area contributed by atoms with Crippen molar-refractivity contribution in [3.8, 4) is 0 Å². The zero-order valence-electron chi connectivity index (χ0n) is 12.5. The fourth-order valence-electron chi connectivity index (χ4n) is 2.71. The van der Waals surface area contributed by atoms with E-state index in [4.69, 9.17) is 5.14 Å². The van der Waals surface area contributed by atoms with E-state index in [2.05, 4.69) is 16.8 Å². The monoisotopic (exact) mass is 351 g/mol. The third kappa shape index (κ3) is 3.24. The quantitative estimate of drug-likeness (QED) is 0.871. The van der Waals surface area contributed by atoms with Crippen LogP contribution in [0.4, 0.5) is 10.5 Å². The molecule has 1 aromatic heterocycles. The van der Waals surface area contributed by atoms with Crippen molar-refractivity contribution in [3.05, 3.63) is 46.2 Å². The Bertz CT molecular complexity index is 828. The van der Waals surface area contributed by atoms with Gasteiger partial charge in [-0.05, 0) is 54.6 Å². The van der Waals surface area contributed by atoms with Crippen LogP contribution >= 0.6 is 11.3 Å². The van der Waals surface area contributed by atoms with Gasteiger partial charge >= 0.3 is 6.03 Å². The number of carbonyl (C=O) groups is 1. The highest BCUT2D eigenvalue weighted by atomic mass is 32.2. The highest BCUT2D eigenvalue weighted by Crippen LogP contribution is 2.33. The van der Waals surface area contributed by atoms with Crippen molar-refractivity contribution >= 4 is 33.1 Å². The van der Waals surface area contributed by atoms with Crippen LogP contribution < -0.4 is 10.5 Å². The molecule has 0 aliphatic carbocycles. The van der Waals surface area contributed by atoms with Crippen molar-refractivity contribution < 1.29 is 13.2 Å². The van der Waals surface area contributed by atoms with Crippen LogP contribution in [0.25, 0.3) is 0 Å². The number of urea groups is 1. The van der Waals surface area contributed by atoms with E-state index in [-0.39, 0.29) is 17.0 Å². The van der Waals surface area contributed by atoms with Gasteiger partial charge in [-0.25, -0.2) is 18.4 Å². The van der Waals surface area contributed by atoms with E-state index < -0.39 is 10.0 Å². The molecule has 8 heteroatoms. The fourth-order valence-corrected chi connectivity index (χ4v) is 4.19. The first kappa shape index (κ1) is 16.0. The van der Waals surface area contributed by atoms with Crippen LogP contribution in [0, 0.1) is 0 Å². The molecule has 0 saturated heterocycles. The van der Waals surface area contributed by atoms with Gasteiger partial charge in [0.25, 0.3) is 0 Å². The molecule has 0 radical (unpaired) electrons. The van der Waals surface area contributed by atoms with E-state index in [9.17, 15) is 13.2 Å². The highest BCUT2D eigenvalue weighted by Gasteiger charge is 2.28. The molecule has 6 nitrogen and oxygen atoms in total. The number of thiophene rings is 1. The average Bonchev–Trinajstić information content (AvgIpc) is 2.96. The lowest BCUT2D eigenvalue weighted by Crippen LogP contribution is -2.40. The molecule has 0 unspecified atom stereocenters. The molecule has 2 aromatic rings. The summed E-state index contributed by atoms with van der Waals surface area (Å²) < 4.78 is 22.5. The van der Waals surface area contributed by atoms with E-state index >= 15 is 0 Å². The van der Waals surface area contributed by atoms with Gasteiger partial charge in [-0.1, -0.05) is 0 Å². The lowest BCUT2D eigenvalue weighted by molar-refractivity contribution is 0.189. The molecule has 0 fully saturated rings. The second kappa shape index (κ2) is 5.95. The van der Waals surface area contributed by atoms with Crippen molar-refractivity contribution in [2.75, 3.05) is 11.9 Å². The summed E-state index contributed by atoms with van der Waals surface area (Å²) in [5, 5.41) is 9.90. The summed E-state index contributed by atoms with van der Waals surface area (Å²) in [6.45, 7) is 2.67. The molecular weight excluding hydrogens is 334 g/mol. The summed E-state index contributed by atoms with van der Waals surface area (Å²) in [6, 6.07) is 7.70. The van der Waals surface area contributed by atoms with Gasteiger partial charge in [0, 0.05) is 17.1 Å². The first-order chi connectivity index (χ1) is 10.9. The molecular formula is C15H17N3O3S2. The van der Waals surface area contributed by atoms with Gasteiger partial charge in [0.15, 0.2) is 0 Å². The smallest absolute Gasteiger partial charge is 0.317 e. The van der Waals surface area contributed by atoms with Crippen LogP contribution in [0.5, 0.6) is 0 Å². The Kier molecular flexibility index (Phi) is 4.13. The normalized spacial score (nSPS) is 17.7. The van der Waals surface area contributed by atoms with Crippen molar-refractivity contribution in [2.45, 2.75) is 24.3 Å². The van der Waals surface area contributed by atoms with Crippen LogP contribution in [0.3, 0.4) is 0 Å². The summed E-state index contributed by atoms with van der Waals surface area (Å²) in [4.78, 5) is 15.6. The molecule has 1 aliphatic rings. The maximum atomic E-state index is 12.5. The number of amides is 2. The van der Waals surface area contributed by atoms with E-state index in [0.717, 1.165) is 6.42 Å². The minimum atomic E-state index is -3.73. The maximum absolute atomic E-state index is 12.5. The van der Waals surface area contributed by atoms with Gasteiger partial charge in [-0.2, -0.15) is 0 Å². The topological polar surface area (TPSA) is 92.5 Å². The van der Waals surface area contributed by atoms with Crippen molar-refractivity contribution in [1.82, 2.24) is 4.90 Å². The number of anilines is 1. The Hall–Kier alpha value is -1.90. The Labute approximate surface area is 139 Å². The molecule has 2 amide bonds. The number of hydrogen-bond acceptors (Lipinski definition) is 4. The molecule has 0 bridgehead atoms. The number of nitrogens with two attached hydrogens (primary N) is 1. The number of fused-ring (bicyclic) bond motifs is 1. The number of carbonyl (C=O) groups excluding carboxylic acids is 1. The van der Waals surface area contributed by atoms with Crippen LogP contribution in [0.15, 0.2) is 40.6 Å². The molecule has 23 heavy (non-hydrogen) atoms. The van der Waals surface area contributed by atoms with Crippen LogP contribution in [-0.2, 0) is 16.4 Å². The minimum Gasteiger partial charge on any atom is -0.317 e. The number of nitrogens with one attached hydrogen (secondary N) is 1. The Balaban J connectivity index is 1.73. The van der Waals surface area contributed by atoms with Crippen molar-refractivity contribution in [1.29, 1.82) is 0 Å². The number of nitrogens with zero attached hydrogens (tertiary/aromatic N) is 1. The summed E-state index contributed by atoms with van der Waals surface area (Å²) in [5.74, 6) is 0. The lowest BCUT2D eigenvalue weighted by atomic mass is 10.0. The van der Waals surface area contributed by atoms with Gasteiger partial charge in [-0.3, -0.25) is 0 Å². The first-order valence-corrected chi connectivity index (χ1v) is 9.55. The number of sulfonamides is 1. The lowest BCUT2D eigenvalue weighted by Gasteiger charge is -2.33. The van der Waals surface area contributed by atoms with Gasteiger partial charge in [-0.15, -0.1) is 11.3 Å². The summed E-state index contributed by atoms with van der Waals surface area (Å²) in [7, 11) is -3.73. The third-order valence-corrected chi connectivity index (χ3v) is 5.90. The number of hydrogen-bond donors (Lipinski definition) is 2. The predicted molar refractivity (Wildman–Crippen MR) is 90.0 cm³/mol. The Morgan fingerprint density at radius 1 is 1.30 bits per heavy atom. The van der Waals surface area contributed by atoms with E-state index in [0.29, 0.717) is 12.2 Å². The molecule has 0 saturated carbocycles. The highest BCUT2D eigenvalue weighted by molar-refractivity contribution is 7.89. The number of benzene rings is 1. The van der Waals surface area contributed by atoms with Gasteiger partial charge in [0.2, 0.25) is 10.0 Å². The summed E-state index contributed by atoms with van der Waals surface area (Å²) in [5.41, 5.74) is 1.73. The Morgan fingerprint density at radius 2 is 2.00 bits per heavy atom. The van der Waals surface area contributed by atoms with E-state index in [1.807, 2.05) is 6.92 Å². The molecule has 122 valence electrons. The number of rotatable bonds is 2. The average molecular weight is 351 g/mol. The molecule has 3 rings (SSSR count). The maximum Gasteiger partial charge on any atom is 0.322 e. The molecule has 0 spiro atoms. The summed E-state index contributed by atoms with van der Waals surface area (Å²) in [6.07, 6.45) is 0.856. The molecule has 1 aromatic carbocycles. The minimum absolute atomic E-state index is 0.0183. The molecule has 3 N–H and O–H groups in total. The van der Waals surface area contributed by atoms with E-state index in [1.165, 1.54) is 34.7 Å².